The number of halogens is 3. The summed E-state index contributed by atoms with van der Waals surface area (Å²) in [6.45, 7) is 1.73. The van der Waals surface area contributed by atoms with Gasteiger partial charge in [-0.25, -0.2) is 8.78 Å². The molecule has 1 atom stereocenters. The fourth-order valence-electron chi connectivity index (χ4n) is 2.10. The molecule has 0 aliphatic rings. The molecule has 0 radical (unpaired) electrons. The first-order chi connectivity index (χ1) is 11.4. The Morgan fingerprint density at radius 3 is 2.62 bits per heavy atom. The van der Waals surface area contributed by atoms with Crippen molar-refractivity contribution in [2.24, 2.45) is 0 Å². The Labute approximate surface area is 147 Å². The monoisotopic (exact) mass is 395 g/mol. The molecule has 6 heteroatoms. The number of nitrogens with one attached hydrogen (secondary N) is 1. The Hall–Kier alpha value is -2.21. The molecule has 0 aliphatic heterocycles. The number of benzene rings is 2. The highest BCUT2D eigenvalue weighted by Gasteiger charge is 2.11. The second-order valence-corrected chi connectivity index (χ2v) is 6.04. The third-order valence-electron chi connectivity index (χ3n) is 3.41. The highest BCUT2D eigenvalue weighted by Crippen LogP contribution is 2.22. The van der Waals surface area contributed by atoms with E-state index in [0.29, 0.717) is 15.6 Å². The minimum Gasteiger partial charge on any atom is -0.494 e. The van der Waals surface area contributed by atoms with Crippen LogP contribution in [0.25, 0.3) is 6.08 Å². The molecular formula is C18H16BrF2NO2. The number of methoxy groups -OCH3 is 1. The molecule has 0 heterocycles. The molecule has 0 unspecified atom stereocenters. The summed E-state index contributed by atoms with van der Waals surface area (Å²) in [6, 6.07) is 8.53. The molecule has 0 aliphatic carbocycles. The third kappa shape index (κ3) is 4.64. The normalized spacial score (nSPS) is 12.2. The van der Waals surface area contributed by atoms with Gasteiger partial charge in [-0.1, -0.05) is 22.0 Å². The van der Waals surface area contributed by atoms with E-state index in [1.807, 2.05) is 0 Å². The molecule has 1 N–H and O–H groups in total. The van der Waals surface area contributed by atoms with E-state index in [0.717, 1.165) is 0 Å². The summed E-state index contributed by atoms with van der Waals surface area (Å²) in [5, 5.41) is 2.70. The molecule has 3 nitrogen and oxygen atoms in total. The molecule has 0 saturated carbocycles. The average molecular weight is 396 g/mol. The number of carbonyl (C=O) groups excluding carboxylic acids is 1. The van der Waals surface area contributed by atoms with E-state index in [2.05, 4.69) is 21.2 Å². The summed E-state index contributed by atoms with van der Waals surface area (Å²) in [4.78, 5) is 12.0. The fourth-order valence-corrected chi connectivity index (χ4v) is 2.48. The lowest BCUT2D eigenvalue weighted by atomic mass is 10.1. The van der Waals surface area contributed by atoms with Crippen molar-refractivity contribution in [2.45, 2.75) is 13.0 Å². The van der Waals surface area contributed by atoms with Gasteiger partial charge in [-0.05, 0) is 48.9 Å². The number of rotatable bonds is 5. The molecule has 0 aromatic heterocycles. The van der Waals surface area contributed by atoms with Crippen LogP contribution in [0.3, 0.4) is 0 Å². The molecular weight excluding hydrogens is 380 g/mol. The van der Waals surface area contributed by atoms with Crippen LogP contribution in [0.5, 0.6) is 5.75 Å². The Bertz CT molecular complexity index is 778. The molecule has 24 heavy (non-hydrogen) atoms. The van der Waals surface area contributed by atoms with E-state index < -0.39 is 23.6 Å². The maximum absolute atomic E-state index is 13.7. The van der Waals surface area contributed by atoms with Gasteiger partial charge in [0.25, 0.3) is 0 Å². The van der Waals surface area contributed by atoms with Gasteiger partial charge in [0.2, 0.25) is 5.91 Å². The minimum atomic E-state index is -0.497. The van der Waals surface area contributed by atoms with Crippen LogP contribution >= 0.6 is 15.9 Å². The lowest BCUT2D eigenvalue weighted by Gasteiger charge is -2.14. The third-order valence-corrected chi connectivity index (χ3v) is 3.90. The number of carbonyl (C=O) groups is 1. The van der Waals surface area contributed by atoms with Crippen molar-refractivity contribution < 1.29 is 18.3 Å². The molecule has 0 fully saturated rings. The summed E-state index contributed by atoms with van der Waals surface area (Å²) in [5.74, 6) is -1.18. The first-order valence-electron chi connectivity index (χ1n) is 7.17. The van der Waals surface area contributed by atoms with Gasteiger partial charge >= 0.3 is 0 Å². The van der Waals surface area contributed by atoms with Crippen LogP contribution in [0, 0.1) is 11.6 Å². The molecule has 126 valence electrons. The van der Waals surface area contributed by atoms with Crippen LogP contribution < -0.4 is 10.1 Å². The van der Waals surface area contributed by atoms with Crippen molar-refractivity contribution in [1.82, 2.24) is 5.32 Å². The first-order valence-corrected chi connectivity index (χ1v) is 7.97. The van der Waals surface area contributed by atoms with Gasteiger partial charge in [-0.2, -0.15) is 0 Å². The summed E-state index contributed by atoms with van der Waals surface area (Å²) in [5.41, 5.74) is 0.895. The summed E-state index contributed by atoms with van der Waals surface area (Å²) < 4.78 is 32.9. The minimum absolute atomic E-state index is 0.141. The van der Waals surface area contributed by atoms with Gasteiger partial charge in [0, 0.05) is 16.1 Å². The van der Waals surface area contributed by atoms with Crippen LogP contribution in [-0.4, -0.2) is 13.0 Å². The van der Waals surface area contributed by atoms with E-state index in [1.165, 1.54) is 37.5 Å². The molecule has 2 rings (SSSR count). The van der Waals surface area contributed by atoms with Crippen molar-refractivity contribution in [3.63, 3.8) is 0 Å². The quantitative estimate of drug-likeness (QED) is 0.749. The Morgan fingerprint density at radius 1 is 1.21 bits per heavy atom. The van der Waals surface area contributed by atoms with Crippen LogP contribution in [0.15, 0.2) is 46.9 Å². The highest BCUT2D eigenvalue weighted by molar-refractivity contribution is 9.10. The molecule has 2 aromatic rings. The molecule has 1 amide bonds. The fraction of sp³-hybridized carbons (Fsp3) is 0.167. The van der Waals surface area contributed by atoms with Crippen LogP contribution in [0.4, 0.5) is 8.78 Å². The number of hydrogen-bond donors (Lipinski definition) is 1. The summed E-state index contributed by atoms with van der Waals surface area (Å²) >= 11 is 3.25. The molecule has 0 spiro atoms. The Morgan fingerprint density at radius 2 is 1.96 bits per heavy atom. The van der Waals surface area contributed by atoms with Crippen molar-refractivity contribution in [3.8, 4) is 5.75 Å². The standard InChI is InChI=1S/C18H16BrF2NO2/c1-11(12-3-7-17(24-2)16(21)10-12)22-18(23)8-4-13-9-14(19)5-6-15(13)20/h3-11H,1-2H3,(H,22,23)/b8-4+/t11-/m0/s1. The lowest BCUT2D eigenvalue weighted by Crippen LogP contribution is -2.24. The smallest absolute Gasteiger partial charge is 0.244 e. The van der Waals surface area contributed by atoms with Gasteiger partial charge in [-0.15, -0.1) is 0 Å². The number of amides is 1. The second kappa shape index (κ2) is 8.06. The topological polar surface area (TPSA) is 38.3 Å². The Balaban J connectivity index is 2.05. The van der Waals surface area contributed by atoms with E-state index in [4.69, 9.17) is 4.74 Å². The van der Waals surface area contributed by atoms with Crippen LogP contribution in [0.1, 0.15) is 24.1 Å². The zero-order valence-electron chi connectivity index (χ0n) is 13.1. The van der Waals surface area contributed by atoms with Gasteiger partial charge in [0.1, 0.15) is 5.82 Å². The van der Waals surface area contributed by atoms with E-state index >= 15 is 0 Å². The van der Waals surface area contributed by atoms with E-state index in [-0.39, 0.29) is 5.75 Å². The first kappa shape index (κ1) is 18.1. The molecule has 0 bridgehead atoms. The van der Waals surface area contributed by atoms with Crippen molar-refractivity contribution in [1.29, 1.82) is 0 Å². The lowest BCUT2D eigenvalue weighted by molar-refractivity contribution is -0.117. The van der Waals surface area contributed by atoms with E-state index in [9.17, 15) is 13.6 Å². The SMILES string of the molecule is COc1ccc([C@H](C)NC(=O)/C=C/c2cc(Br)ccc2F)cc1F. The second-order valence-electron chi connectivity index (χ2n) is 5.12. The van der Waals surface area contributed by atoms with Crippen molar-refractivity contribution in [3.05, 3.63) is 69.7 Å². The predicted octanol–water partition coefficient (Wildman–Crippen LogP) is 4.63. The van der Waals surface area contributed by atoms with Gasteiger partial charge in [-0.3, -0.25) is 4.79 Å². The summed E-state index contributed by atoms with van der Waals surface area (Å²) in [7, 11) is 1.38. The van der Waals surface area contributed by atoms with Crippen LogP contribution in [-0.2, 0) is 4.79 Å². The molecule has 2 aromatic carbocycles. The number of hydrogen-bond acceptors (Lipinski definition) is 2. The summed E-state index contributed by atoms with van der Waals surface area (Å²) in [6.07, 6.45) is 2.62. The van der Waals surface area contributed by atoms with Gasteiger partial charge < -0.3 is 10.1 Å². The molecule has 0 saturated heterocycles. The predicted molar refractivity (Wildman–Crippen MR) is 92.6 cm³/mol. The zero-order chi connectivity index (χ0) is 17.7. The van der Waals surface area contributed by atoms with Gasteiger partial charge in [0.05, 0.1) is 13.2 Å². The maximum Gasteiger partial charge on any atom is 0.244 e. The zero-order valence-corrected chi connectivity index (χ0v) is 14.7. The average Bonchev–Trinajstić information content (AvgIpc) is 2.55. The maximum atomic E-state index is 13.7. The van der Waals surface area contributed by atoms with E-state index in [1.54, 1.807) is 25.1 Å². The van der Waals surface area contributed by atoms with Crippen LogP contribution in [0.2, 0.25) is 0 Å². The van der Waals surface area contributed by atoms with Crippen molar-refractivity contribution in [2.75, 3.05) is 7.11 Å². The number of ether oxygens (including phenoxy) is 1. The van der Waals surface area contributed by atoms with Gasteiger partial charge in [0.15, 0.2) is 11.6 Å². The Kier molecular flexibility index (Phi) is 6.09. The van der Waals surface area contributed by atoms with Crippen molar-refractivity contribution >= 4 is 27.9 Å². The highest BCUT2D eigenvalue weighted by atomic mass is 79.9. The largest absolute Gasteiger partial charge is 0.494 e.